The van der Waals surface area contributed by atoms with E-state index < -0.39 is 0 Å². The van der Waals surface area contributed by atoms with Crippen LogP contribution in [-0.2, 0) is 14.3 Å². The molecule has 7 heteroatoms. The van der Waals surface area contributed by atoms with E-state index in [0.717, 1.165) is 6.42 Å². The molecular formula is C15H20Cl2N2O3. The van der Waals surface area contributed by atoms with Gasteiger partial charge in [0.2, 0.25) is 11.8 Å². The minimum absolute atomic E-state index is 0.0651. The van der Waals surface area contributed by atoms with Crippen LogP contribution in [0.1, 0.15) is 19.8 Å². The standard InChI is InChI=1S/C15H20Cl2N2O3/c1-11(20)19(8-4-10-22-2)9-7-14(21)18-13-6-3-5-12(16)15(13)17/h3,5-6H,4,7-10H2,1-2H3,(H,18,21). The molecule has 22 heavy (non-hydrogen) atoms. The second kappa shape index (κ2) is 9.66. The van der Waals surface area contributed by atoms with Crippen LogP contribution in [0, 0.1) is 0 Å². The molecule has 0 saturated carbocycles. The Morgan fingerprint density at radius 3 is 2.64 bits per heavy atom. The summed E-state index contributed by atoms with van der Waals surface area (Å²) in [6, 6.07) is 5.02. The van der Waals surface area contributed by atoms with Crippen LogP contribution in [0.4, 0.5) is 5.69 Å². The molecule has 122 valence electrons. The molecule has 0 spiro atoms. The second-order valence-electron chi connectivity index (χ2n) is 4.75. The third kappa shape index (κ3) is 6.22. The van der Waals surface area contributed by atoms with E-state index in [4.69, 9.17) is 27.9 Å². The molecule has 1 rings (SSSR count). The van der Waals surface area contributed by atoms with Gasteiger partial charge in [-0.05, 0) is 18.6 Å². The predicted octanol–water partition coefficient (Wildman–Crippen LogP) is 3.21. The number of nitrogens with one attached hydrogen (secondary N) is 1. The van der Waals surface area contributed by atoms with Gasteiger partial charge in [0.05, 0.1) is 15.7 Å². The minimum Gasteiger partial charge on any atom is -0.385 e. The van der Waals surface area contributed by atoms with Crippen LogP contribution in [0.5, 0.6) is 0 Å². The van der Waals surface area contributed by atoms with Crippen molar-refractivity contribution in [3.63, 3.8) is 0 Å². The first-order valence-electron chi connectivity index (χ1n) is 6.94. The molecule has 0 aliphatic heterocycles. The first-order chi connectivity index (χ1) is 10.5. The molecule has 0 heterocycles. The molecule has 0 unspecified atom stereocenters. The number of nitrogens with zero attached hydrogens (tertiary/aromatic N) is 1. The zero-order valence-electron chi connectivity index (χ0n) is 12.7. The monoisotopic (exact) mass is 346 g/mol. The molecule has 0 bridgehead atoms. The van der Waals surface area contributed by atoms with E-state index in [-0.39, 0.29) is 18.2 Å². The Balaban J connectivity index is 2.49. The van der Waals surface area contributed by atoms with Gasteiger partial charge in [-0.2, -0.15) is 0 Å². The van der Waals surface area contributed by atoms with Crippen molar-refractivity contribution >= 4 is 40.7 Å². The van der Waals surface area contributed by atoms with Crippen LogP contribution >= 0.6 is 23.2 Å². The summed E-state index contributed by atoms with van der Waals surface area (Å²) in [6.45, 7) is 2.98. The van der Waals surface area contributed by atoms with Gasteiger partial charge in [-0.3, -0.25) is 9.59 Å². The van der Waals surface area contributed by atoms with E-state index in [9.17, 15) is 9.59 Å². The molecule has 0 atom stereocenters. The van der Waals surface area contributed by atoms with Crippen molar-refractivity contribution in [2.75, 3.05) is 32.1 Å². The fourth-order valence-electron chi connectivity index (χ4n) is 1.88. The number of ether oxygens (including phenoxy) is 1. The largest absolute Gasteiger partial charge is 0.385 e. The number of anilines is 1. The van der Waals surface area contributed by atoms with Crippen molar-refractivity contribution in [1.29, 1.82) is 0 Å². The van der Waals surface area contributed by atoms with E-state index in [2.05, 4.69) is 5.32 Å². The molecule has 2 amide bonds. The molecule has 0 fully saturated rings. The maximum Gasteiger partial charge on any atom is 0.226 e. The van der Waals surface area contributed by atoms with Gasteiger partial charge in [0.25, 0.3) is 0 Å². The topological polar surface area (TPSA) is 58.6 Å². The quantitative estimate of drug-likeness (QED) is 0.735. The number of carbonyl (C=O) groups excluding carboxylic acids is 2. The summed E-state index contributed by atoms with van der Waals surface area (Å²) in [5.41, 5.74) is 0.466. The average Bonchev–Trinajstić information content (AvgIpc) is 2.47. The van der Waals surface area contributed by atoms with Gasteiger partial charge in [0, 0.05) is 40.2 Å². The third-order valence-corrected chi connectivity index (χ3v) is 3.88. The third-order valence-electron chi connectivity index (χ3n) is 3.06. The fourth-order valence-corrected chi connectivity index (χ4v) is 2.22. The number of carbonyl (C=O) groups is 2. The van der Waals surface area contributed by atoms with Crippen LogP contribution in [0.25, 0.3) is 0 Å². The Kier molecular flexibility index (Phi) is 8.24. The van der Waals surface area contributed by atoms with Gasteiger partial charge in [-0.15, -0.1) is 0 Å². The number of hydrogen-bond donors (Lipinski definition) is 1. The lowest BCUT2D eigenvalue weighted by molar-refractivity contribution is -0.129. The van der Waals surface area contributed by atoms with Gasteiger partial charge in [0.15, 0.2) is 0 Å². The smallest absolute Gasteiger partial charge is 0.226 e. The number of halogens is 2. The number of methoxy groups -OCH3 is 1. The van der Waals surface area contributed by atoms with Gasteiger partial charge in [0.1, 0.15) is 0 Å². The van der Waals surface area contributed by atoms with E-state index in [1.807, 2.05) is 0 Å². The van der Waals surface area contributed by atoms with Gasteiger partial charge < -0.3 is 15.0 Å². The van der Waals surface area contributed by atoms with Crippen LogP contribution in [0.3, 0.4) is 0 Å². The first kappa shape index (κ1) is 18.7. The van der Waals surface area contributed by atoms with E-state index in [1.165, 1.54) is 6.92 Å². The maximum absolute atomic E-state index is 12.0. The van der Waals surface area contributed by atoms with Gasteiger partial charge >= 0.3 is 0 Å². The average molecular weight is 347 g/mol. The van der Waals surface area contributed by atoms with Crippen LogP contribution < -0.4 is 5.32 Å². The molecule has 0 saturated heterocycles. The second-order valence-corrected chi connectivity index (χ2v) is 5.54. The van der Waals surface area contributed by atoms with Crippen LogP contribution in [0.15, 0.2) is 18.2 Å². The number of rotatable bonds is 8. The Morgan fingerprint density at radius 2 is 2.00 bits per heavy atom. The number of benzene rings is 1. The Labute approximate surface area is 140 Å². The molecule has 1 aromatic carbocycles. The van der Waals surface area contributed by atoms with Crippen molar-refractivity contribution in [2.45, 2.75) is 19.8 Å². The highest BCUT2D eigenvalue weighted by Gasteiger charge is 2.12. The summed E-state index contributed by atoms with van der Waals surface area (Å²) in [5, 5.41) is 3.38. The summed E-state index contributed by atoms with van der Waals surface area (Å²) in [6.07, 6.45) is 0.924. The molecule has 0 aliphatic rings. The predicted molar refractivity (Wildman–Crippen MR) is 88.5 cm³/mol. The van der Waals surface area contributed by atoms with Crippen LogP contribution in [0.2, 0.25) is 10.0 Å². The molecule has 0 aromatic heterocycles. The summed E-state index contributed by atoms with van der Waals surface area (Å²) < 4.78 is 4.96. The Hall–Kier alpha value is -1.30. The number of amides is 2. The lowest BCUT2D eigenvalue weighted by Crippen LogP contribution is -2.33. The molecule has 5 nitrogen and oxygen atoms in total. The van der Waals surface area contributed by atoms with E-state index >= 15 is 0 Å². The highest BCUT2D eigenvalue weighted by molar-refractivity contribution is 6.43. The Bertz CT molecular complexity index is 524. The first-order valence-corrected chi connectivity index (χ1v) is 7.69. The highest BCUT2D eigenvalue weighted by Crippen LogP contribution is 2.29. The van der Waals surface area contributed by atoms with Crippen molar-refractivity contribution < 1.29 is 14.3 Å². The van der Waals surface area contributed by atoms with Gasteiger partial charge in [-0.1, -0.05) is 29.3 Å². The van der Waals surface area contributed by atoms with E-state index in [1.54, 1.807) is 30.2 Å². The van der Waals surface area contributed by atoms with Gasteiger partial charge in [-0.25, -0.2) is 0 Å². The molecule has 1 N–H and O–H groups in total. The molecular weight excluding hydrogens is 327 g/mol. The van der Waals surface area contributed by atoms with Crippen molar-refractivity contribution in [2.24, 2.45) is 0 Å². The molecule has 0 aliphatic carbocycles. The van der Waals surface area contributed by atoms with Crippen molar-refractivity contribution in [3.8, 4) is 0 Å². The number of hydrogen-bond acceptors (Lipinski definition) is 3. The van der Waals surface area contributed by atoms with Crippen molar-refractivity contribution in [1.82, 2.24) is 4.90 Å². The highest BCUT2D eigenvalue weighted by atomic mass is 35.5. The summed E-state index contributed by atoms with van der Waals surface area (Å²) in [7, 11) is 1.61. The summed E-state index contributed by atoms with van der Waals surface area (Å²) in [4.78, 5) is 25.1. The maximum atomic E-state index is 12.0. The van der Waals surface area contributed by atoms with Crippen LogP contribution in [-0.4, -0.2) is 43.5 Å². The lowest BCUT2D eigenvalue weighted by Gasteiger charge is -2.20. The summed E-state index contributed by atoms with van der Waals surface area (Å²) in [5.74, 6) is -0.285. The van der Waals surface area contributed by atoms with Crippen molar-refractivity contribution in [3.05, 3.63) is 28.2 Å². The van der Waals surface area contributed by atoms with E-state index in [0.29, 0.717) is 35.4 Å². The summed E-state index contributed by atoms with van der Waals surface area (Å²) >= 11 is 11.9. The zero-order valence-corrected chi connectivity index (χ0v) is 14.2. The SMILES string of the molecule is COCCCN(CCC(=O)Nc1cccc(Cl)c1Cl)C(C)=O. The zero-order chi connectivity index (χ0) is 16.5. The Morgan fingerprint density at radius 1 is 1.27 bits per heavy atom. The molecule has 0 radical (unpaired) electrons. The minimum atomic E-state index is -0.220. The lowest BCUT2D eigenvalue weighted by atomic mass is 10.3. The molecule has 1 aromatic rings. The fraction of sp³-hybridized carbons (Fsp3) is 0.467. The normalized spacial score (nSPS) is 10.4.